The third-order valence-electron chi connectivity index (χ3n) is 2.85. The monoisotopic (exact) mass is 208 g/mol. The Bertz CT molecular complexity index is 371. The smallest absolute Gasteiger partial charge is 0.234 e. The molecule has 2 atom stereocenters. The molecule has 82 valence electrons. The zero-order chi connectivity index (χ0) is 11.0. The lowest BCUT2D eigenvalue weighted by atomic mass is 9.92. The normalized spacial score (nSPS) is 25.3. The molecule has 4 N–H and O–H groups in total. The summed E-state index contributed by atoms with van der Waals surface area (Å²) < 4.78 is 0. The fraction of sp³-hybridized carbons (Fsp3) is 0.600. The first-order valence-electron chi connectivity index (χ1n) is 5.17. The Hall–Kier alpha value is -1.36. The minimum Gasteiger partial charge on any atom is -0.368 e. The molecular weight excluding hydrogens is 192 g/mol. The summed E-state index contributed by atoms with van der Waals surface area (Å²) in [4.78, 5) is 18.5. The van der Waals surface area contributed by atoms with E-state index in [4.69, 9.17) is 5.73 Å². The number of hydrogen-bond acceptors (Lipinski definition) is 3. The molecule has 5 heteroatoms. The molecule has 15 heavy (non-hydrogen) atoms. The molecule has 1 aromatic rings. The second-order valence-corrected chi connectivity index (χ2v) is 4.31. The molecule has 0 saturated carbocycles. The van der Waals surface area contributed by atoms with Gasteiger partial charge >= 0.3 is 0 Å². The number of aromatic nitrogens is 2. The number of H-pyrrole nitrogens is 1. The number of carbonyl (C=O) groups excluding carboxylic acids is 1. The van der Waals surface area contributed by atoms with Crippen molar-refractivity contribution >= 4 is 5.91 Å². The number of nitrogens with zero attached hydrogens (tertiary/aromatic N) is 1. The van der Waals surface area contributed by atoms with Gasteiger partial charge in [0.1, 0.15) is 0 Å². The van der Waals surface area contributed by atoms with E-state index in [9.17, 15) is 4.79 Å². The Balaban J connectivity index is 2.31. The SMILES string of the molecule is CC(C)[C@@H]1N[C@H](C(N)=O)Cc2[nH]cnc21. The summed E-state index contributed by atoms with van der Waals surface area (Å²) in [6.07, 6.45) is 2.28. The molecule has 0 aromatic carbocycles. The molecule has 0 spiro atoms. The van der Waals surface area contributed by atoms with Gasteiger partial charge in [0, 0.05) is 12.1 Å². The maximum Gasteiger partial charge on any atom is 0.234 e. The van der Waals surface area contributed by atoms with Crippen molar-refractivity contribution in [1.29, 1.82) is 0 Å². The summed E-state index contributed by atoms with van der Waals surface area (Å²) in [6.45, 7) is 4.19. The van der Waals surface area contributed by atoms with Gasteiger partial charge in [-0.05, 0) is 5.92 Å². The van der Waals surface area contributed by atoms with E-state index in [1.165, 1.54) is 0 Å². The van der Waals surface area contributed by atoms with E-state index in [0.29, 0.717) is 12.3 Å². The van der Waals surface area contributed by atoms with Crippen LogP contribution in [0.5, 0.6) is 0 Å². The largest absolute Gasteiger partial charge is 0.368 e. The van der Waals surface area contributed by atoms with Gasteiger partial charge in [0.15, 0.2) is 0 Å². The van der Waals surface area contributed by atoms with Gasteiger partial charge in [-0.2, -0.15) is 0 Å². The van der Waals surface area contributed by atoms with Crippen LogP contribution in [0.4, 0.5) is 0 Å². The molecule has 2 rings (SSSR count). The van der Waals surface area contributed by atoms with E-state index in [0.717, 1.165) is 11.4 Å². The lowest BCUT2D eigenvalue weighted by Gasteiger charge is -2.30. The number of nitrogens with two attached hydrogens (primary N) is 1. The van der Waals surface area contributed by atoms with E-state index in [1.54, 1.807) is 6.33 Å². The Kier molecular flexibility index (Phi) is 2.48. The summed E-state index contributed by atoms with van der Waals surface area (Å²) in [6, 6.07) is -0.178. The van der Waals surface area contributed by atoms with Crippen molar-refractivity contribution in [3.63, 3.8) is 0 Å². The maximum absolute atomic E-state index is 11.2. The van der Waals surface area contributed by atoms with Gasteiger partial charge in [-0.3, -0.25) is 10.1 Å². The average Bonchev–Trinajstić information content (AvgIpc) is 2.62. The van der Waals surface area contributed by atoms with Crippen LogP contribution in [0.3, 0.4) is 0 Å². The molecule has 5 nitrogen and oxygen atoms in total. The van der Waals surface area contributed by atoms with Gasteiger partial charge in [0.25, 0.3) is 0 Å². The first kappa shape index (κ1) is 10.2. The van der Waals surface area contributed by atoms with Crippen LogP contribution in [-0.4, -0.2) is 21.9 Å². The highest BCUT2D eigenvalue weighted by Crippen LogP contribution is 2.27. The predicted molar refractivity (Wildman–Crippen MR) is 56.0 cm³/mol. The number of aromatic amines is 1. The van der Waals surface area contributed by atoms with Crippen molar-refractivity contribution in [2.75, 3.05) is 0 Å². The van der Waals surface area contributed by atoms with Crippen LogP contribution in [0, 0.1) is 5.92 Å². The zero-order valence-corrected chi connectivity index (χ0v) is 8.95. The quantitative estimate of drug-likeness (QED) is 0.644. The van der Waals surface area contributed by atoms with Gasteiger partial charge in [-0.15, -0.1) is 0 Å². The van der Waals surface area contributed by atoms with E-state index in [1.807, 2.05) is 0 Å². The molecule has 1 aliphatic rings. The second kappa shape index (κ2) is 3.66. The molecule has 0 bridgehead atoms. The minimum atomic E-state index is -0.305. The third kappa shape index (κ3) is 1.74. The number of primary amides is 1. The highest BCUT2D eigenvalue weighted by molar-refractivity contribution is 5.80. The Morgan fingerprint density at radius 2 is 2.40 bits per heavy atom. The van der Waals surface area contributed by atoms with Crippen LogP contribution in [-0.2, 0) is 11.2 Å². The molecule has 0 saturated heterocycles. The summed E-state index contributed by atoms with van der Waals surface area (Å²) >= 11 is 0. The van der Waals surface area contributed by atoms with Crippen LogP contribution in [0.1, 0.15) is 31.3 Å². The van der Waals surface area contributed by atoms with Gasteiger partial charge in [0.2, 0.25) is 5.91 Å². The fourth-order valence-electron chi connectivity index (χ4n) is 2.01. The minimum absolute atomic E-state index is 0.109. The van der Waals surface area contributed by atoms with Crippen molar-refractivity contribution < 1.29 is 4.79 Å². The average molecular weight is 208 g/mol. The first-order valence-corrected chi connectivity index (χ1v) is 5.17. The van der Waals surface area contributed by atoms with Crippen molar-refractivity contribution in [2.24, 2.45) is 11.7 Å². The molecular formula is C10H16N4O. The van der Waals surface area contributed by atoms with E-state index in [2.05, 4.69) is 29.1 Å². The molecule has 1 aliphatic heterocycles. The number of rotatable bonds is 2. The zero-order valence-electron chi connectivity index (χ0n) is 8.95. The number of hydrogen-bond donors (Lipinski definition) is 3. The molecule has 0 unspecified atom stereocenters. The van der Waals surface area contributed by atoms with Crippen molar-refractivity contribution in [3.8, 4) is 0 Å². The lowest BCUT2D eigenvalue weighted by Crippen LogP contribution is -2.49. The summed E-state index contributed by atoms with van der Waals surface area (Å²) in [5.74, 6) is 0.0788. The van der Waals surface area contributed by atoms with Gasteiger partial charge in [-0.1, -0.05) is 13.8 Å². The fourth-order valence-corrected chi connectivity index (χ4v) is 2.01. The lowest BCUT2D eigenvalue weighted by molar-refractivity contribution is -0.120. The maximum atomic E-state index is 11.2. The second-order valence-electron chi connectivity index (χ2n) is 4.31. The standard InChI is InChI=1S/C10H16N4O/c1-5(2)8-9-6(12-4-13-9)3-7(14-8)10(11)15/h4-5,7-8,14H,3H2,1-2H3,(H2,11,15)(H,12,13)/t7-,8-/m0/s1. The van der Waals surface area contributed by atoms with Crippen molar-refractivity contribution in [2.45, 2.75) is 32.4 Å². The molecule has 1 aromatic heterocycles. The number of fused-ring (bicyclic) bond motifs is 1. The van der Waals surface area contributed by atoms with Crippen LogP contribution in [0.25, 0.3) is 0 Å². The highest BCUT2D eigenvalue weighted by atomic mass is 16.1. The third-order valence-corrected chi connectivity index (χ3v) is 2.85. The predicted octanol–water partition coefficient (Wildman–Crippen LogP) is 0.106. The van der Waals surface area contributed by atoms with Gasteiger partial charge in [-0.25, -0.2) is 4.98 Å². The highest BCUT2D eigenvalue weighted by Gasteiger charge is 2.32. The van der Waals surface area contributed by atoms with Crippen LogP contribution in [0.15, 0.2) is 6.33 Å². The van der Waals surface area contributed by atoms with Crippen LogP contribution < -0.4 is 11.1 Å². The van der Waals surface area contributed by atoms with Gasteiger partial charge < -0.3 is 10.7 Å². The molecule has 0 aliphatic carbocycles. The number of imidazole rings is 1. The summed E-state index contributed by atoms with van der Waals surface area (Å²) in [7, 11) is 0. The topological polar surface area (TPSA) is 83.8 Å². The van der Waals surface area contributed by atoms with Crippen LogP contribution >= 0.6 is 0 Å². The van der Waals surface area contributed by atoms with Gasteiger partial charge in [0.05, 0.1) is 24.1 Å². The Labute approximate surface area is 88.5 Å². The Morgan fingerprint density at radius 3 is 3.00 bits per heavy atom. The van der Waals surface area contributed by atoms with Crippen molar-refractivity contribution in [1.82, 2.24) is 15.3 Å². The molecule has 0 fully saturated rings. The molecule has 2 heterocycles. The first-order chi connectivity index (χ1) is 7.09. The van der Waals surface area contributed by atoms with Crippen molar-refractivity contribution in [3.05, 3.63) is 17.7 Å². The summed E-state index contributed by atoms with van der Waals surface area (Å²) in [5, 5.41) is 3.24. The summed E-state index contributed by atoms with van der Waals surface area (Å²) in [5.41, 5.74) is 7.36. The molecule has 1 amide bonds. The van der Waals surface area contributed by atoms with Crippen LogP contribution in [0.2, 0.25) is 0 Å². The molecule has 0 radical (unpaired) electrons. The van der Waals surface area contributed by atoms with E-state index in [-0.39, 0.29) is 18.0 Å². The number of nitrogens with one attached hydrogen (secondary N) is 2. The van der Waals surface area contributed by atoms with E-state index >= 15 is 0 Å². The number of carbonyl (C=O) groups is 1. The van der Waals surface area contributed by atoms with E-state index < -0.39 is 0 Å². The Morgan fingerprint density at radius 1 is 1.67 bits per heavy atom. The number of amides is 1.